The zero-order valence-electron chi connectivity index (χ0n) is 10.3. The van der Waals surface area contributed by atoms with Crippen molar-refractivity contribution in [3.63, 3.8) is 0 Å². The number of sulfone groups is 1. The van der Waals surface area contributed by atoms with Gasteiger partial charge in [0.05, 0.1) is 11.0 Å². The second kappa shape index (κ2) is 3.58. The molecule has 0 N–H and O–H groups in total. The number of benzene rings is 1. The highest BCUT2D eigenvalue weighted by molar-refractivity contribution is 7.92. The highest BCUT2D eigenvalue weighted by Gasteiger charge is 2.58. The normalized spacial score (nSPS) is 35.5. The molecule has 0 radical (unpaired) electrons. The molecule has 2 bridgehead atoms. The van der Waals surface area contributed by atoms with E-state index in [9.17, 15) is 8.42 Å². The van der Waals surface area contributed by atoms with Gasteiger partial charge in [-0.2, -0.15) is 0 Å². The predicted octanol–water partition coefficient (Wildman–Crippen LogP) is 2.26. The highest BCUT2D eigenvalue weighted by atomic mass is 32.2. The number of hydrogen-bond acceptors (Lipinski definition) is 3. The number of fused-ring (bicyclic) bond motifs is 1. The van der Waals surface area contributed by atoms with Crippen LogP contribution < -0.4 is 0 Å². The number of allylic oxidation sites excluding steroid dienone is 1. The SMILES string of the molecule is O=S(=O)(c1ccccc1)[C@H]1C2=CCC[C@]23C=C[C@H]1O3. The van der Waals surface area contributed by atoms with Gasteiger partial charge in [-0.3, -0.25) is 0 Å². The number of rotatable bonds is 2. The Morgan fingerprint density at radius 1 is 1.21 bits per heavy atom. The van der Waals surface area contributed by atoms with Crippen LogP contribution in [-0.4, -0.2) is 25.4 Å². The number of ether oxygens (including phenoxy) is 1. The molecule has 3 aliphatic rings. The molecule has 1 aromatic carbocycles. The van der Waals surface area contributed by atoms with Crippen LogP contribution in [0.1, 0.15) is 12.8 Å². The lowest BCUT2D eigenvalue weighted by molar-refractivity contribution is 0.0459. The molecule has 98 valence electrons. The van der Waals surface area contributed by atoms with Gasteiger partial charge in [-0.1, -0.05) is 30.4 Å². The fourth-order valence-corrected chi connectivity index (χ4v) is 5.39. The first kappa shape index (κ1) is 11.4. The Hall–Kier alpha value is -1.39. The Kier molecular flexibility index (Phi) is 2.16. The lowest BCUT2D eigenvalue weighted by Crippen LogP contribution is -2.33. The maximum Gasteiger partial charge on any atom is 0.188 e. The average Bonchev–Trinajstić information content (AvgIpc) is 3.07. The molecule has 4 heteroatoms. The van der Waals surface area contributed by atoms with Crippen molar-refractivity contribution >= 4 is 9.84 Å². The van der Waals surface area contributed by atoms with E-state index in [4.69, 9.17) is 4.74 Å². The molecule has 0 unspecified atom stereocenters. The fraction of sp³-hybridized carbons (Fsp3) is 0.333. The standard InChI is InChI=1S/C15H14O3S/c16-19(17,11-5-2-1-3-6-11)14-12-7-4-9-15(12)10-8-13(14)18-15/h1-3,5-8,10,13-14H,4,9H2/t13-,14+,15+/m1/s1. The third-order valence-electron chi connectivity index (χ3n) is 4.28. The molecule has 19 heavy (non-hydrogen) atoms. The topological polar surface area (TPSA) is 43.4 Å². The van der Waals surface area contributed by atoms with Gasteiger partial charge >= 0.3 is 0 Å². The van der Waals surface area contributed by atoms with Crippen molar-refractivity contribution < 1.29 is 13.2 Å². The van der Waals surface area contributed by atoms with Crippen molar-refractivity contribution in [2.45, 2.75) is 34.7 Å². The van der Waals surface area contributed by atoms with E-state index in [0.29, 0.717) is 4.90 Å². The summed E-state index contributed by atoms with van der Waals surface area (Å²) in [6.45, 7) is 0. The lowest BCUT2D eigenvalue weighted by atomic mass is 9.91. The molecule has 1 saturated heterocycles. The Bertz CT molecular complexity index is 687. The third-order valence-corrected chi connectivity index (χ3v) is 6.40. The third kappa shape index (κ3) is 1.38. The van der Waals surface area contributed by atoms with E-state index >= 15 is 0 Å². The van der Waals surface area contributed by atoms with Crippen molar-refractivity contribution in [1.82, 2.24) is 0 Å². The van der Waals surface area contributed by atoms with Crippen molar-refractivity contribution in [2.75, 3.05) is 0 Å². The first-order chi connectivity index (χ1) is 9.13. The molecule has 3 nitrogen and oxygen atoms in total. The first-order valence-corrected chi connectivity index (χ1v) is 8.05. The summed E-state index contributed by atoms with van der Waals surface area (Å²) >= 11 is 0. The van der Waals surface area contributed by atoms with Crippen LogP contribution in [0, 0.1) is 0 Å². The molecular formula is C15H14O3S. The van der Waals surface area contributed by atoms with Gasteiger partial charge in [0.1, 0.15) is 10.9 Å². The maximum absolute atomic E-state index is 12.8. The molecule has 1 aliphatic carbocycles. The van der Waals surface area contributed by atoms with Crippen LogP contribution in [0.5, 0.6) is 0 Å². The van der Waals surface area contributed by atoms with Crippen LogP contribution in [0.4, 0.5) is 0 Å². The van der Waals surface area contributed by atoms with Gasteiger partial charge in [-0.15, -0.1) is 0 Å². The van der Waals surface area contributed by atoms with Gasteiger partial charge < -0.3 is 4.74 Å². The van der Waals surface area contributed by atoms with Gasteiger partial charge in [-0.25, -0.2) is 8.42 Å². The molecule has 1 spiro atoms. The van der Waals surface area contributed by atoms with Gasteiger partial charge in [0, 0.05) is 0 Å². The zero-order chi connectivity index (χ0) is 13.1. The monoisotopic (exact) mass is 274 g/mol. The molecule has 2 heterocycles. The van der Waals surface area contributed by atoms with Crippen LogP contribution in [0.2, 0.25) is 0 Å². The predicted molar refractivity (Wildman–Crippen MR) is 71.5 cm³/mol. The van der Waals surface area contributed by atoms with Gasteiger partial charge in [0.2, 0.25) is 0 Å². The molecule has 1 aromatic rings. The van der Waals surface area contributed by atoms with E-state index in [1.165, 1.54) is 0 Å². The van der Waals surface area contributed by atoms with Crippen LogP contribution in [0.15, 0.2) is 59.0 Å². The van der Waals surface area contributed by atoms with E-state index in [1.807, 2.05) is 18.2 Å². The van der Waals surface area contributed by atoms with Crippen molar-refractivity contribution in [3.05, 3.63) is 54.1 Å². The largest absolute Gasteiger partial charge is 0.357 e. The summed E-state index contributed by atoms with van der Waals surface area (Å²) < 4.78 is 31.6. The van der Waals surface area contributed by atoms with Crippen LogP contribution in [0.25, 0.3) is 0 Å². The Labute approximate surface area is 112 Å². The summed E-state index contributed by atoms with van der Waals surface area (Å²) in [4.78, 5) is 0.382. The Morgan fingerprint density at radius 3 is 2.79 bits per heavy atom. The van der Waals surface area contributed by atoms with Crippen LogP contribution in [0.3, 0.4) is 0 Å². The summed E-state index contributed by atoms with van der Waals surface area (Å²) in [5, 5.41) is -0.539. The summed E-state index contributed by atoms with van der Waals surface area (Å²) in [6.07, 6.45) is 7.44. The fourth-order valence-electron chi connectivity index (χ4n) is 3.43. The van der Waals surface area contributed by atoms with E-state index in [-0.39, 0.29) is 6.10 Å². The van der Waals surface area contributed by atoms with Crippen molar-refractivity contribution in [1.29, 1.82) is 0 Å². The van der Waals surface area contributed by atoms with E-state index in [2.05, 4.69) is 6.08 Å². The summed E-state index contributed by atoms with van der Waals surface area (Å²) in [5.41, 5.74) is 0.529. The van der Waals surface area contributed by atoms with Gasteiger partial charge in [-0.05, 0) is 36.6 Å². The molecule has 0 aromatic heterocycles. The minimum Gasteiger partial charge on any atom is -0.357 e. The number of hydrogen-bond donors (Lipinski definition) is 0. The van der Waals surface area contributed by atoms with E-state index in [0.717, 1.165) is 18.4 Å². The molecule has 0 saturated carbocycles. The maximum atomic E-state index is 12.8. The summed E-state index contributed by atoms with van der Waals surface area (Å²) in [6, 6.07) is 8.66. The summed E-state index contributed by atoms with van der Waals surface area (Å²) in [7, 11) is -3.37. The minimum absolute atomic E-state index is 0.322. The average molecular weight is 274 g/mol. The molecule has 0 amide bonds. The van der Waals surface area contributed by atoms with Crippen LogP contribution >= 0.6 is 0 Å². The van der Waals surface area contributed by atoms with E-state index in [1.54, 1.807) is 24.3 Å². The smallest absolute Gasteiger partial charge is 0.188 e. The Balaban J connectivity index is 1.85. The molecule has 1 fully saturated rings. The summed E-state index contributed by atoms with van der Waals surface area (Å²) in [5.74, 6) is 0. The lowest BCUT2D eigenvalue weighted by Gasteiger charge is -2.22. The van der Waals surface area contributed by atoms with Crippen molar-refractivity contribution in [2.24, 2.45) is 0 Å². The minimum atomic E-state index is -3.37. The highest BCUT2D eigenvalue weighted by Crippen LogP contribution is 2.52. The zero-order valence-corrected chi connectivity index (χ0v) is 11.1. The van der Waals surface area contributed by atoms with Gasteiger partial charge in [0.25, 0.3) is 0 Å². The Morgan fingerprint density at radius 2 is 2.00 bits per heavy atom. The van der Waals surface area contributed by atoms with Crippen molar-refractivity contribution in [3.8, 4) is 0 Å². The molecule has 2 aliphatic heterocycles. The second-order valence-electron chi connectivity index (χ2n) is 5.31. The quantitative estimate of drug-likeness (QED) is 0.777. The van der Waals surface area contributed by atoms with E-state index < -0.39 is 20.7 Å². The van der Waals surface area contributed by atoms with Gasteiger partial charge in [0.15, 0.2) is 9.84 Å². The first-order valence-electron chi connectivity index (χ1n) is 6.50. The second-order valence-corrected chi connectivity index (χ2v) is 7.38. The molecular weight excluding hydrogens is 260 g/mol. The molecule has 3 atom stereocenters. The van der Waals surface area contributed by atoms with Crippen LogP contribution in [-0.2, 0) is 14.6 Å². The molecule has 4 rings (SSSR count).